The van der Waals surface area contributed by atoms with Gasteiger partial charge in [-0.25, -0.2) is 0 Å². The Bertz CT molecular complexity index is 1230. The van der Waals surface area contributed by atoms with Gasteiger partial charge in [0, 0.05) is 38.3 Å². The lowest BCUT2D eigenvalue weighted by molar-refractivity contribution is -0.144. The number of nitrogens with zero attached hydrogens (tertiary/aromatic N) is 1. The number of carbonyl (C=O) groups is 4. The van der Waals surface area contributed by atoms with Crippen LogP contribution in [0.5, 0.6) is 0 Å². The predicted octanol–water partition coefficient (Wildman–Crippen LogP) is 3.39. The van der Waals surface area contributed by atoms with Crippen LogP contribution in [0.1, 0.15) is 49.0 Å². The third-order valence-corrected chi connectivity index (χ3v) is 5.68. The van der Waals surface area contributed by atoms with Crippen LogP contribution >= 0.6 is 11.6 Å². The normalized spacial score (nSPS) is 24.8. The van der Waals surface area contributed by atoms with Gasteiger partial charge in [-0.3, -0.25) is 24.5 Å². The first-order valence-electron chi connectivity index (χ1n) is 11.3. The molecule has 32 heavy (non-hydrogen) atoms. The van der Waals surface area contributed by atoms with E-state index in [0.29, 0.717) is 11.1 Å². The van der Waals surface area contributed by atoms with Crippen LogP contribution in [-0.4, -0.2) is 34.4 Å². The lowest BCUT2D eigenvalue weighted by atomic mass is 9.97. The zero-order valence-electron chi connectivity index (χ0n) is 19.6. The highest BCUT2D eigenvalue weighted by molar-refractivity contribution is 6.30. The molecule has 2 aliphatic heterocycles. The van der Waals surface area contributed by atoms with Crippen LogP contribution in [0.4, 0.5) is 8.78 Å². The lowest BCUT2D eigenvalue weighted by Gasteiger charge is -2.29. The van der Waals surface area contributed by atoms with Crippen molar-refractivity contribution in [3.05, 3.63) is 69.7 Å². The zero-order valence-corrected chi connectivity index (χ0v) is 17.3. The molecule has 9 heteroatoms. The van der Waals surface area contributed by atoms with Crippen molar-refractivity contribution in [2.75, 3.05) is 0 Å². The second-order valence-electron chi connectivity index (χ2n) is 7.52. The van der Waals surface area contributed by atoms with E-state index in [-0.39, 0.29) is 28.9 Å². The summed E-state index contributed by atoms with van der Waals surface area (Å²) in [6.45, 7) is -0.114. The Morgan fingerprint density at radius 3 is 2.66 bits per heavy atom. The van der Waals surface area contributed by atoms with E-state index in [4.69, 9.17) is 15.8 Å². The highest BCUT2D eigenvalue weighted by Gasteiger charge is 2.41. The Morgan fingerprint density at radius 2 is 1.94 bits per heavy atom. The Kier molecular flexibility index (Phi) is 4.86. The molecule has 6 nitrogen and oxygen atoms in total. The van der Waals surface area contributed by atoms with Crippen LogP contribution in [0.3, 0.4) is 0 Å². The summed E-state index contributed by atoms with van der Waals surface area (Å²) in [5.41, 5.74) is 0.742. The molecule has 0 spiro atoms. The van der Waals surface area contributed by atoms with Crippen molar-refractivity contribution in [3.8, 4) is 0 Å². The molecule has 1 fully saturated rings. The number of aryl methyl sites for hydroxylation is 1. The molecule has 0 bridgehead atoms. The van der Waals surface area contributed by atoms with Crippen LogP contribution in [0.15, 0.2) is 42.5 Å². The number of carbonyl (C=O) groups excluding carboxylic acids is 4. The Morgan fingerprint density at radius 1 is 1.22 bits per heavy atom. The van der Waals surface area contributed by atoms with Crippen LogP contribution in [-0.2, 0) is 33.3 Å². The first-order chi connectivity index (χ1) is 16.4. The number of nitrogens with one attached hydrogen (secondary N) is 1. The number of Topliss-reactive ketones (excluding diaryl/α,β-unsaturated/α-hetero) is 1. The fourth-order valence-electron chi connectivity index (χ4n) is 3.72. The average Bonchev–Trinajstić information content (AvgIpc) is 3.15. The quantitative estimate of drug-likeness (QED) is 0.665. The van der Waals surface area contributed by atoms with Crippen LogP contribution in [0.2, 0.25) is 6.43 Å². The summed E-state index contributed by atoms with van der Waals surface area (Å²) in [6, 6.07) is 7.79. The minimum atomic E-state index is -3.69. The summed E-state index contributed by atoms with van der Waals surface area (Å²) in [5, 5.41) is 0.285. The fourth-order valence-corrected chi connectivity index (χ4v) is 3.84. The number of rotatable bonds is 6. The van der Waals surface area contributed by atoms with Crippen molar-refractivity contribution in [3.63, 3.8) is 0 Å². The molecular weight excluding hydrogens is 442 g/mol. The van der Waals surface area contributed by atoms with Crippen molar-refractivity contribution in [2.24, 2.45) is 0 Å². The van der Waals surface area contributed by atoms with Gasteiger partial charge in [-0.1, -0.05) is 35.9 Å². The number of amides is 3. The molecule has 3 amide bonds. The number of imide groups is 1. The molecule has 0 aliphatic carbocycles. The van der Waals surface area contributed by atoms with Crippen molar-refractivity contribution < 1.29 is 32.1 Å². The molecule has 0 radical (unpaired) electrons. The molecule has 2 aliphatic rings. The van der Waals surface area contributed by atoms with Crippen LogP contribution in [0, 0.1) is 0 Å². The van der Waals surface area contributed by atoms with Crippen molar-refractivity contribution >= 4 is 35.1 Å². The van der Waals surface area contributed by atoms with Gasteiger partial charge < -0.3 is 4.90 Å². The molecule has 2 heterocycles. The van der Waals surface area contributed by atoms with E-state index in [0.717, 1.165) is 17.0 Å². The lowest BCUT2D eigenvalue weighted by Crippen LogP contribution is -2.52. The topological polar surface area (TPSA) is 83.6 Å². The van der Waals surface area contributed by atoms with E-state index in [1.54, 1.807) is 6.07 Å². The van der Waals surface area contributed by atoms with Crippen molar-refractivity contribution in [1.82, 2.24) is 10.2 Å². The summed E-state index contributed by atoms with van der Waals surface area (Å²) >= 11 is 5.71. The summed E-state index contributed by atoms with van der Waals surface area (Å²) in [5.74, 6) is -7.75. The molecule has 3 atom stereocenters. The second-order valence-corrected chi connectivity index (χ2v) is 7.96. The number of fused-ring (bicyclic) bond motifs is 1. The summed E-state index contributed by atoms with van der Waals surface area (Å²) in [4.78, 5) is 50.4. The fraction of sp³-hybridized carbons (Fsp3) is 0.304. The van der Waals surface area contributed by atoms with E-state index in [1.807, 2.05) is 0 Å². The minimum Gasteiger partial charge on any atom is -0.322 e. The first-order valence-corrected chi connectivity index (χ1v) is 10.1. The smallest absolute Gasteiger partial charge is 0.322 e. The standard InChI is InChI=1S/C23H19ClF2N2O4/c24-16-5-3-15(4-6-16)23(25,26)19(29)9-2-13-1-7-17-14(11-13)12-28(22(17)32)18-8-10-20(30)27-21(18)31/h1,3-7,11,18H,2,8-10,12H2,(H,27,30,31)/i8D,10D/hD. The monoisotopic (exact) mass is 463 g/mol. The predicted molar refractivity (Wildman–Crippen MR) is 111 cm³/mol. The summed E-state index contributed by atoms with van der Waals surface area (Å²) < 4.78 is 52.5. The third-order valence-electron chi connectivity index (χ3n) is 5.43. The highest BCUT2D eigenvalue weighted by Crippen LogP contribution is 2.32. The van der Waals surface area contributed by atoms with Crippen LogP contribution in [0.25, 0.3) is 0 Å². The Balaban J connectivity index is 1.47. The molecule has 0 aromatic heterocycles. The number of piperidine rings is 1. The maximum Gasteiger partial charge on any atom is 0.330 e. The van der Waals surface area contributed by atoms with Gasteiger partial charge in [-0.05, 0) is 42.1 Å². The number of halogens is 3. The average molecular weight is 464 g/mol. The van der Waals surface area contributed by atoms with Gasteiger partial charge in [-0.15, -0.1) is 0 Å². The van der Waals surface area contributed by atoms with Gasteiger partial charge in [0.15, 0.2) is 1.41 Å². The maximum absolute atomic E-state index is 14.5. The van der Waals surface area contributed by atoms with Gasteiger partial charge in [0.25, 0.3) is 5.91 Å². The van der Waals surface area contributed by atoms with Gasteiger partial charge in [0.1, 0.15) is 6.04 Å². The number of hydrogen-bond acceptors (Lipinski definition) is 4. The van der Waals surface area contributed by atoms with Gasteiger partial charge in [0.05, 0.1) is 0 Å². The van der Waals surface area contributed by atoms with E-state index >= 15 is 0 Å². The van der Waals surface area contributed by atoms with E-state index < -0.39 is 60.2 Å². The van der Waals surface area contributed by atoms with E-state index in [2.05, 4.69) is 0 Å². The molecule has 1 saturated heterocycles. The Hall–Kier alpha value is -3.13. The number of benzene rings is 2. The summed E-state index contributed by atoms with van der Waals surface area (Å²) in [7, 11) is 0. The summed E-state index contributed by atoms with van der Waals surface area (Å²) in [6.07, 6.45) is -3.72. The zero-order chi connectivity index (χ0) is 25.7. The SMILES string of the molecule is [2H]C1C(=O)N([2H])C(=O)C(N2Cc3cc(CCC(=O)C(F)(F)c4ccc(Cl)cc4)ccc3C2=O)C1[2H]. The van der Waals surface area contributed by atoms with Crippen LogP contribution < -0.4 is 5.31 Å². The molecule has 166 valence electrons. The molecule has 3 unspecified atom stereocenters. The minimum absolute atomic E-state index is 0.0154. The maximum atomic E-state index is 14.5. The molecule has 4 rings (SSSR count). The van der Waals surface area contributed by atoms with E-state index in [1.165, 1.54) is 24.3 Å². The number of hydrogen-bond donors (Lipinski definition) is 1. The molecule has 2 aromatic rings. The molecule has 2 aromatic carbocycles. The first kappa shape index (κ1) is 18.4. The highest BCUT2D eigenvalue weighted by atomic mass is 35.5. The van der Waals surface area contributed by atoms with Gasteiger partial charge in [-0.2, -0.15) is 8.78 Å². The third kappa shape index (κ3) is 4.14. The van der Waals surface area contributed by atoms with Crippen molar-refractivity contribution in [2.45, 2.75) is 44.1 Å². The largest absolute Gasteiger partial charge is 0.330 e. The number of alkyl halides is 2. The molecular formula is C23H19ClF2N2O4. The van der Waals surface area contributed by atoms with E-state index in [9.17, 15) is 28.0 Å². The van der Waals surface area contributed by atoms with Gasteiger partial charge >= 0.3 is 5.92 Å². The molecule has 1 N–H and O–H groups in total. The second kappa shape index (κ2) is 8.43. The van der Waals surface area contributed by atoms with Crippen molar-refractivity contribution in [1.29, 1.82) is 0 Å². The molecule has 0 saturated carbocycles. The number of ketones is 1. The Labute approximate surface area is 191 Å². The van der Waals surface area contributed by atoms with Gasteiger partial charge in [0.2, 0.25) is 17.6 Å².